The molecule has 31 heavy (non-hydrogen) atoms. The van der Waals surface area contributed by atoms with E-state index in [0.717, 1.165) is 19.3 Å². The third-order valence-corrected chi connectivity index (χ3v) is 7.26. The minimum atomic E-state index is -3.53. The molecule has 3 rings (SSSR count). The lowest BCUT2D eigenvalue weighted by atomic mass is 10.2. The Morgan fingerprint density at radius 2 is 1.68 bits per heavy atom. The molecule has 1 amide bonds. The van der Waals surface area contributed by atoms with Gasteiger partial charge < -0.3 is 15.0 Å². The quantitative estimate of drug-likeness (QED) is 0.598. The van der Waals surface area contributed by atoms with Gasteiger partial charge in [0, 0.05) is 31.9 Å². The van der Waals surface area contributed by atoms with Gasteiger partial charge in [-0.3, -0.25) is 4.79 Å². The predicted octanol–water partition coefficient (Wildman–Crippen LogP) is 3.44. The molecule has 1 heterocycles. The Balaban J connectivity index is 1.65. The van der Waals surface area contributed by atoms with Crippen molar-refractivity contribution in [3.05, 3.63) is 54.1 Å². The van der Waals surface area contributed by atoms with Crippen LogP contribution in [0.3, 0.4) is 0 Å². The number of piperazine rings is 1. The van der Waals surface area contributed by atoms with Crippen molar-refractivity contribution in [3.8, 4) is 5.75 Å². The summed E-state index contributed by atoms with van der Waals surface area (Å²) in [5, 5.41) is 2.83. The Morgan fingerprint density at radius 1 is 1.00 bits per heavy atom. The highest BCUT2D eigenvalue weighted by atomic mass is 32.2. The number of ether oxygens (including phenoxy) is 1. The number of unbranched alkanes of at least 4 members (excludes halogenated alkanes) is 2. The molecular weight excluding hydrogens is 414 g/mol. The first-order valence-electron chi connectivity index (χ1n) is 10.7. The Hall–Kier alpha value is -2.42. The SMILES string of the molecule is CCCCCOc1ccccc1C(=O)Nc1ccc(S(=O)(=O)N2CCN(C)CC2)cc1. The molecule has 1 aliphatic rings. The van der Waals surface area contributed by atoms with Gasteiger partial charge in [0.2, 0.25) is 10.0 Å². The van der Waals surface area contributed by atoms with Gasteiger partial charge in [0.1, 0.15) is 5.75 Å². The van der Waals surface area contributed by atoms with Crippen LogP contribution in [-0.4, -0.2) is 63.4 Å². The fourth-order valence-corrected chi connectivity index (χ4v) is 4.82. The fourth-order valence-electron chi connectivity index (χ4n) is 3.40. The number of carbonyl (C=O) groups is 1. The average Bonchev–Trinajstić information content (AvgIpc) is 2.77. The number of carbonyl (C=O) groups excluding carboxylic acids is 1. The first-order chi connectivity index (χ1) is 14.9. The van der Waals surface area contributed by atoms with E-state index in [2.05, 4.69) is 17.1 Å². The molecule has 1 saturated heterocycles. The largest absolute Gasteiger partial charge is 0.493 e. The van der Waals surface area contributed by atoms with Crippen LogP contribution < -0.4 is 10.1 Å². The van der Waals surface area contributed by atoms with Crippen molar-refractivity contribution >= 4 is 21.6 Å². The van der Waals surface area contributed by atoms with Crippen LogP contribution in [0.1, 0.15) is 36.5 Å². The average molecular weight is 446 g/mol. The van der Waals surface area contributed by atoms with Gasteiger partial charge >= 0.3 is 0 Å². The van der Waals surface area contributed by atoms with Crippen LogP contribution in [0.5, 0.6) is 5.75 Å². The second-order valence-electron chi connectivity index (χ2n) is 7.74. The maximum atomic E-state index is 12.8. The van der Waals surface area contributed by atoms with Crippen molar-refractivity contribution in [1.82, 2.24) is 9.21 Å². The fraction of sp³-hybridized carbons (Fsp3) is 0.435. The summed E-state index contributed by atoms with van der Waals surface area (Å²) in [5.41, 5.74) is 0.983. The number of anilines is 1. The zero-order valence-electron chi connectivity index (χ0n) is 18.2. The number of para-hydroxylation sites is 1. The zero-order valence-corrected chi connectivity index (χ0v) is 19.0. The van der Waals surface area contributed by atoms with E-state index in [9.17, 15) is 13.2 Å². The van der Waals surface area contributed by atoms with E-state index in [1.807, 2.05) is 13.1 Å². The van der Waals surface area contributed by atoms with Crippen molar-refractivity contribution < 1.29 is 17.9 Å². The number of nitrogens with one attached hydrogen (secondary N) is 1. The minimum Gasteiger partial charge on any atom is -0.493 e. The highest BCUT2D eigenvalue weighted by Crippen LogP contribution is 2.22. The number of rotatable bonds is 9. The Morgan fingerprint density at radius 3 is 2.35 bits per heavy atom. The van der Waals surface area contributed by atoms with Crippen LogP contribution in [0, 0.1) is 0 Å². The van der Waals surface area contributed by atoms with E-state index in [1.54, 1.807) is 30.3 Å². The molecule has 0 saturated carbocycles. The van der Waals surface area contributed by atoms with Crippen LogP contribution in [0.15, 0.2) is 53.4 Å². The normalized spacial score (nSPS) is 15.5. The van der Waals surface area contributed by atoms with Gasteiger partial charge in [-0.05, 0) is 49.9 Å². The van der Waals surface area contributed by atoms with Gasteiger partial charge in [0.15, 0.2) is 0 Å². The van der Waals surface area contributed by atoms with Crippen molar-refractivity contribution in [2.45, 2.75) is 31.1 Å². The van der Waals surface area contributed by atoms with E-state index in [-0.39, 0.29) is 10.8 Å². The standard InChI is InChI=1S/C23H31N3O4S/c1-3-4-7-18-30-22-9-6-5-8-21(22)23(27)24-19-10-12-20(13-11-19)31(28,29)26-16-14-25(2)15-17-26/h5-6,8-13H,3-4,7,14-18H2,1-2H3,(H,24,27). The zero-order chi connectivity index (χ0) is 22.3. The molecule has 168 valence electrons. The second kappa shape index (κ2) is 10.7. The lowest BCUT2D eigenvalue weighted by molar-refractivity contribution is 0.102. The van der Waals surface area contributed by atoms with E-state index in [1.165, 1.54) is 16.4 Å². The Labute approximate surface area is 185 Å². The smallest absolute Gasteiger partial charge is 0.259 e. The molecule has 0 radical (unpaired) electrons. The first kappa shape index (κ1) is 23.2. The van der Waals surface area contributed by atoms with Crippen molar-refractivity contribution in [1.29, 1.82) is 0 Å². The van der Waals surface area contributed by atoms with Gasteiger partial charge in [0.05, 0.1) is 17.1 Å². The summed E-state index contributed by atoms with van der Waals surface area (Å²) in [6.45, 7) is 5.08. The summed E-state index contributed by atoms with van der Waals surface area (Å²) in [4.78, 5) is 15.1. The van der Waals surface area contributed by atoms with Crippen molar-refractivity contribution in [3.63, 3.8) is 0 Å². The van der Waals surface area contributed by atoms with Gasteiger partial charge in [-0.15, -0.1) is 0 Å². The topological polar surface area (TPSA) is 78.9 Å². The Bertz CT molecular complexity index is 969. The second-order valence-corrected chi connectivity index (χ2v) is 9.68. The van der Waals surface area contributed by atoms with Crippen molar-refractivity contribution in [2.75, 3.05) is 45.2 Å². The predicted molar refractivity (Wildman–Crippen MR) is 122 cm³/mol. The Kier molecular flexibility index (Phi) is 8.06. The molecule has 2 aromatic carbocycles. The monoisotopic (exact) mass is 445 g/mol. The highest BCUT2D eigenvalue weighted by molar-refractivity contribution is 7.89. The molecule has 0 atom stereocenters. The third-order valence-electron chi connectivity index (χ3n) is 5.35. The van der Waals surface area contributed by atoms with Gasteiger partial charge in [-0.25, -0.2) is 8.42 Å². The summed E-state index contributed by atoms with van der Waals surface area (Å²) in [5.74, 6) is 0.256. The maximum absolute atomic E-state index is 12.8. The van der Waals surface area contributed by atoms with E-state index in [0.29, 0.717) is 49.8 Å². The summed E-state index contributed by atoms with van der Waals surface area (Å²) in [6.07, 6.45) is 3.12. The summed E-state index contributed by atoms with van der Waals surface area (Å²) < 4.78 is 33.0. The lowest BCUT2D eigenvalue weighted by Crippen LogP contribution is -2.46. The van der Waals surface area contributed by atoms with E-state index >= 15 is 0 Å². The summed E-state index contributed by atoms with van der Waals surface area (Å²) >= 11 is 0. The molecule has 0 spiro atoms. The molecule has 0 aliphatic carbocycles. The van der Waals surface area contributed by atoms with Crippen LogP contribution in [0.2, 0.25) is 0 Å². The van der Waals surface area contributed by atoms with Gasteiger partial charge in [-0.1, -0.05) is 31.9 Å². The number of amides is 1. The molecule has 7 nitrogen and oxygen atoms in total. The summed E-state index contributed by atoms with van der Waals surface area (Å²) in [7, 11) is -1.55. The molecule has 1 N–H and O–H groups in total. The van der Waals surface area contributed by atoms with Crippen LogP contribution in [0.4, 0.5) is 5.69 Å². The molecule has 2 aromatic rings. The number of nitrogens with zero attached hydrogens (tertiary/aromatic N) is 2. The summed E-state index contributed by atoms with van der Waals surface area (Å²) in [6, 6.07) is 13.4. The van der Waals surface area contributed by atoms with Crippen LogP contribution in [-0.2, 0) is 10.0 Å². The molecule has 0 bridgehead atoms. The number of likely N-dealkylation sites (N-methyl/N-ethyl adjacent to an activating group) is 1. The minimum absolute atomic E-state index is 0.231. The van der Waals surface area contributed by atoms with Crippen LogP contribution >= 0.6 is 0 Å². The number of sulfonamides is 1. The van der Waals surface area contributed by atoms with Crippen LogP contribution in [0.25, 0.3) is 0 Å². The van der Waals surface area contributed by atoms with E-state index in [4.69, 9.17) is 4.74 Å². The lowest BCUT2D eigenvalue weighted by Gasteiger charge is -2.31. The van der Waals surface area contributed by atoms with E-state index < -0.39 is 10.0 Å². The number of hydrogen-bond donors (Lipinski definition) is 1. The molecule has 0 aromatic heterocycles. The maximum Gasteiger partial charge on any atom is 0.259 e. The molecule has 1 fully saturated rings. The first-order valence-corrected chi connectivity index (χ1v) is 12.2. The molecular formula is C23H31N3O4S. The number of benzene rings is 2. The van der Waals surface area contributed by atoms with Gasteiger partial charge in [0.25, 0.3) is 5.91 Å². The molecule has 1 aliphatic heterocycles. The van der Waals surface area contributed by atoms with Gasteiger partial charge in [-0.2, -0.15) is 4.31 Å². The third kappa shape index (κ3) is 6.06. The number of hydrogen-bond acceptors (Lipinski definition) is 5. The molecule has 8 heteroatoms. The van der Waals surface area contributed by atoms with Crippen molar-refractivity contribution in [2.24, 2.45) is 0 Å². The highest BCUT2D eigenvalue weighted by Gasteiger charge is 2.27. The molecule has 0 unspecified atom stereocenters.